The van der Waals surface area contributed by atoms with Crippen molar-refractivity contribution < 1.29 is 4.79 Å². The van der Waals surface area contributed by atoms with Crippen LogP contribution in [-0.4, -0.2) is 20.8 Å². The smallest absolute Gasteiger partial charge is 0.183 e. The van der Waals surface area contributed by atoms with Crippen molar-refractivity contribution in [3.8, 4) is 0 Å². The Balaban J connectivity index is 2.67. The molecule has 0 aliphatic heterocycles. The molecule has 5 heteroatoms. The van der Waals surface area contributed by atoms with Crippen LogP contribution in [0.1, 0.15) is 51.0 Å². The summed E-state index contributed by atoms with van der Waals surface area (Å²) in [7, 11) is 1.74. The summed E-state index contributed by atoms with van der Waals surface area (Å²) >= 11 is 3.25. The van der Waals surface area contributed by atoms with Crippen LogP contribution in [0.3, 0.4) is 0 Å². The van der Waals surface area contributed by atoms with Crippen molar-refractivity contribution in [3.05, 3.63) is 10.3 Å². The van der Waals surface area contributed by atoms with E-state index in [0.29, 0.717) is 22.6 Å². The van der Waals surface area contributed by atoms with Crippen molar-refractivity contribution >= 4 is 21.7 Å². The van der Waals surface area contributed by atoms with E-state index >= 15 is 0 Å². The highest BCUT2D eigenvalue weighted by atomic mass is 79.9. The monoisotopic (exact) mass is 301 g/mol. The fourth-order valence-electron chi connectivity index (χ4n) is 2.16. The van der Waals surface area contributed by atoms with Crippen LogP contribution in [0.25, 0.3) is 0 Å². The summed E-state index contributed by atoms with van der Waals surface area (Å²) < 4.78 is 2.06. The molecule has 17 heavy (non-hydrogen) atoms. The summed E-state index contributed by atoms with van der Waals surface area (Å²) in [6, 6.07) is 0. The second-order valence-corrected chi connectivity index (χ2v) is 6.60. The normalized spacial score (nSPS) is 13.8. The number of hydrogen-bond acceptors (Lipinski definition) is 3. The first-order valence-electron chi connectivity index (χ1n) is 5.79. The fraction of sp³-hybridized carbons (Fsp3) is 0.750. The van der Waals surface area contributed by atoms with Crippen LogP contribution in [0.5, 0.6) is 0 Å². The number of Topliss-reactive ketones (excluding diaryl/α,β-unsaturated/α-hetero) is 1. The number of aromatic nitrogens is 3. The third-order valence-electron chi connectivity index (χ3n) is 2.54. The highest BCUT2D eigenvalue weighted by Crippen LogP contribution is 2.27. The minimum Gasteiger partial charge on any atom is -0.292 e. The Bertz CT molecular complexity index is 387. The maximum atomic E-state index is 12.1. The number of hydrogen-bond donors (Lipinski definition) is 0. The van der Waals surface area contributed by atoms with E-state index in [1.165, 1.54) is 4.68 Å². The standard InChI is InChI=1S/C12H20BrN3O/c1-8(7-12(2,3)4)6-9(17)10-11(13)14-15-16(10)5/h8H,6-7H2,1-5H3. The van der Waals surface area contributed by atoms with Crippen LogP contribution in [0.2, 0.25) is 0 Å². The summed E-state index contributed by atoms with van der Waals surface area (Å²) in [6.45, 7) is 8.68. The quantitative estimate of drug-likeness (QED) is 0.802. The summed E-state index contributed by atoms with van der Waals surface area (Å²) in [5, 5.41) is 7.65. The Morgan fingerprint density at radius 2 is 2.06 bits per heavy atom. The molecule has 0 bridgehead atoms. The van der Waals surface area contributed by atoms with Gasteiger partial charge in [-0.25, -0.2) is 4.68 Å². The molecule has 1 unspecified atom stereocenters. The van der Waals surface area contributed by atoms with Crippen molar-refractivity contribution in [2.24, 2.45) is 18.4 Å². The number of rotatable bonds is 4. The van der Waals surface area contributed by atoms with E-state index in [4.69, 9.17) is 0 Å². The van der Waals surface area contributed by atoms with Gasteiger partial charge in [0.2, 0.25) is 0 Å². The minimum atomic E-state index is 0.0983. The van der Waals surface area contributed by atoms with E-state index in [0.717, 1.165) is 6.42 Å². The molecule has 1 heterocycles. The predicted octanol–water partition coefficient (Wildman–Crippen LogP) is 3.22. The van der Waals surface area contributed by atoms with Gasteiger partial charge < -0.3 is 0 Å². The fourth-order valence-corrected chi connectivity index (χ4v) is 2.71. The van der Waals surface area contributed by atoms with Gasteiger partial charge in [0.1, 0.15) is 5.69 Å². The second-order valence-electron chi connectivity index (χ2n) is 5.85. The van der Waals surface area contributed by atoms with Gasteiger partial charge in [-0.15, -0.1) is 5.10 Å². The lowest BCUT2D eigenvalue weighted by Crippen LogP contribution is -2.16. The molecule has 0 spiro atoms. The molecule has 1 atom stereocenters. The molecule has 0 aromatic carbocycles. The van der Waals surface area contributed by atoms with Gasteiger partial charge in [0.15, 0.2) is 10.4 Å². The van der Waals surface area contributed by atoms with E-state index in [1.807, 2.05) is 0 Å². The third-order valence-corrected chi connectivity index (χ3v) is 3.08. The number of ketones is 1. The number of nitrogens with zero attached hydrogens (tertiary/aromatic N) is 3. The Morgan fingerprint density at radius 3 is 2.47 bits per heavy atom. The average molecular weight is 302 g/mol. The molecular weight excluding hydrogens is 282 g/mol. The van der Waals surface area contributed by atoms with Gasteiger partial charge in [0.25, 0.3) is 0 Å². The van der Waals surface area contributed by atoms with Gasteiger partial charge in [-0.2, -0.15) is 0 Å². The first kappa shape index (κ1) is 14.4. The van der Waals surface area contributed by atoms with Crippen LogP contribution in [0, 0.1) is 11.3 Å². The highest BCUT2D eigenvalue weighted by molar-refractivity contribution is 9.10. The van der Waals surface area contributed by atoms with Crippen LogP contribution >= 0.6 is 15.9 Å². The first-order valence-corrected chi connectivity index (χ1v) is 6.58. The van der Waals surface area contributed by atoms with E-state index in [1.54, 1.807) is 7.05 Å². The first-order chi connectivity index (χ1) is 7.70. The van der Waals surface area contributed by atoms with Gasteiger partial charge >= 0.3 is 0 Å². The molecule has 4 nitrogen and oxygen atoms in total. The Kier molecular flexibility index (Phi) is 4.47. The number of carbonyl (C=O) groups is 1. The SMILES string of the molecule is CC(CC(=O)c1c(Br)nnn1C)CC(C)(C)C. The number of carbonyl (C=O) groups excluding carboxylic acids is 1. The van der Waals surface area contributed by atoms with Crippen LogP contribution < -0.4 is 0 Å². The summed E-state index contributed by atoms with van der Waals surface area (Å²) in [5.74, 6) is 0.463. The molecule has 0 amide bonds. The second kappa shape index (κ2) is 5.29. The number of aryl methyl sites for hydroxylation is 1. The van der Waals surface area contributed by atoms with Gasteiger partial charge in [-0.3, -0.25) is 4.79 Å². The minimum absolute atomic E-state index is 0.0983. The lowest BCUT2D eigenvalue weighted by Gasteiger charge is -2.22. The lowest BCUT2D eigenvalue weighted by atomic mass is 9.83. The zero-order chi connectivity index (χ0) is 13.2. The molecule has 1 aromatic heterocycles. The van der Waals surface area contributed by atoms with Crippen LogP contribution in [0.4, 0.5) is 0 Å². The number of halogens is 1. The molecule has 0 aliphatic carbocycles. The van der Waals surface area contributed by atoms with Gasteiger partial charge in [0, 0.05) is 13.5 Å². The van der Waals surface area contributed by atoms with Crippen molar-refractivity contribution in [1.29, 1.82) is 0 Å². The van der Waals surface area contributed by atoms with Crippen molar-refractivity contribution in [3.63, 3.8) is 0 Å². The Morgan fingerprint density at radius 1 is 1.47 bits per heavy atom. The van der Waals surface area contributed by atoms with Gasteiger partial charge in [-0.1, -0.05) is 32.9 Å². The topological polar surface area (TPSA) is 47.8 Å². The molecule has 96 valence electrons. The molecule has 0 fully saturated rings. The zero-order valence-corrected chi connectivity index (χ0v) is 12.7. The lowest BCUT2D eigenvalue weighted by molar-refractivity contribution is 0.0944. The van der Waals surface area contributed by atoms with E-state index in [2.05, 4.69) is 53.9 Å². The van der Waals surface area contributed by atoms with E-state index in [9.17, 15) is 4.79 Å². The van der Waals surface area contributed by atoms with E-state index in [-0.39, 0.29) is 11.2 Å². The summed E-state index contributed by atoms with van der Waals surface area (Å²) in [6.07, 6.45) is 1.57. The Hall–Kier alpha value is -0.710. The average Bonchev–Trinajstić information content (AvgIpc) is 2.42. The molecule has 1 rings (SSSR count). The van der Waals surface area contributed by atoms with Crippen LogP contribution in [-0.2, 0) is 7.05 Å². The zero-order valence-electron chi connectivity index (χ0n) is 11.1. The third kappa shape index (κ3) is 4.22. The molecule has 0 N–H and O–H groups in total. The van der Waals surface area contributed by atoms with E-state index < -0.39 is 0 Å². The van der Waals surface area contributed by atoms with Gasteiger partial charge in [0.05, 0.1) is 0 Å². The largest absolute Gasteiger partial charge is 0.292 e. The molecule has 0 radical (unpaired) electrons. The van der Waals surface area contributed by atoms with Crippen molar-refractivity contribution in [2.75, 3.05) is 0 Å². The maximum absolute atomic E-state index is 12.1. The van der Waals surface area contributed by atoms with Crippen LogP contribution in [0.15, 0.2) is 4.60 Å². The van der Waals surface area contributed by atoms with Gasteiger partial charge in [-0.05, 0) is 33.7 Å². The predicted molar refractivity (Wildman–Crippen MR) is 70.9 cm³/mol. The molecular formula is C12H20BrN3O. The maximum Gasteiger partial charge on any atom is 0.183 e. The van der Waals surface area contributed by atoms with Crippen molar-refractivity contribution in [1.82, 2.24) is 15.0 Å². The van der Waals surface area contributed by atoms with Crippen molar-refractivity contribution in [2.45, 2.75) is 40.5 Å². The molecule has 1 aromatic rings. The summed E-state index contributed by atoms with van der Waals surface area (Å²) in [4.78, 5) is 12.1. The molecule has 0 saturated heterocycles. The molecule has 0 aliphatic rings. The molecule has 0 saturated carbocycles. The Labute approximate surface area is 111 Å². The highest BCUT2D eigenvalue weighted by Gasteiger charge is 2.22. The summed E-state index contributed by atoms with van der Waals surface area (Å²) in [5.41, 5.74) is 0.813.